The third-order valence-electron chi connectivity index (χ3n) is 2.20. The molecule has 2 N–H and O–H groups in total. The summed E-state index contributed by atoms with van der Waals surface area (Å²) >= 11 is 0. The average molecular weight is 353 g/mol. The molecule has 9 heteroatoms. The summed E-state index contributed by atoms with van der Waals surface area (Å²) in [6.45, 7) is 0. The Morgan fingerprint density at radius 1 is 0.810 bits per heavy atom. The monoisotopic (exact) mass is 353 g/mol. The van der Waals surface area contributed by atoms with Gasteiger partial charge in [0.15, 0.2) is 0 Å². The van der Waals surface area contributed by atoms with Gasteiger partial charge in [0, 0.05) is 35.2 Å². The van der Waals surface area contributed by atoms with E-state index >= 15 is 0 Å². The molecule has 21 heavy (non-hydrogen) atoms. The van der Waals surface area contributed by atoms with Gasteiger partial charge in [-0.25, -0.2) is 0 Å². The summed E-state index contributed by atoms with van der Waals surface area (Å²) in [5.41, 5.74) is 2.66. The van der Waals surface area contributed by atoms with E-state index in [1.165, 1.54) is 11.1 Å². The van der Waals surface area contributed by atoms with E-state index in [0.29, 0.717) is 0 Å². The molecule has 0 amide bonds. The molecule has 2 aromatic rings. The Bertz CT molecular complexity index is 534. The van der Waals surface area contributed by atoms with Crippen molar-refractivity contribution in [3.63, 3.8) is 0 Å². The van der Waals surface area contributed by atoms with Gasteiger partial charge >= 0.3 is 17.1 Å². The molecule has 0 aliphatic carbocycles. The van der Waals surface area contributed by atoms with E-state index < -0.39 is 10.4 Å². The molecule has 2 rings (SSSR count). The molecule has 0 saturated heterocycles. The summed E-state index contributed by atoms with van der Waals surface area (Å²) < 4.78 is 34.1. The van der Waals surface area contributed by atoms with Crippen molar-refractivity contribution in [3.8, 4) is 0 Å². The van der Waals surface area contributed by atoms with Crippen LogP contribution in [0.5, 0.6) is 0 Å². The van der Waals surface area contributed by atoms with Crippen LogP contribution in [0, 0.1) is 0 Å². The van der Waals surface area contributed by atoms with Gasteiger partial charge in [-0.1, -0.05) is 0 Å². The largest absolute Gasteiger partial charge is 2.00 e. The maximum absolute atomic E-state index is 8.52. The first-order valence-corrected chi connectivity index (χ1v) is 6.73. The first-order valence-electron chi connectivity index (χ1n) is 5.39. The molecule has 0 atom stereocenters. The summed E-state index contributed by atoms with van der Waals surface area (Å²) in [7, 11) is -5.17. The smallest absolute Gasteiger partial charge is 0.759 e. The van der Waals surface area contributed by atoms with Crippen LogP contribution in [-0.4, -0.2) is 33.0 Å². The van der Waals surface area contributed by atoms with E-state index in [2.05, 4.69) is 34.2 Å². The van der Waals surface area contributed by atoms with Crippen LogP contribution in [0.1, 0.15) is 11.1 Å². The molecule has 0 aliphatic heterocycles. The van der Waals surface area contributed by atoms with Crippen molar-refractivity contribution < 1.29 is 40.1 Å². The molecule has 0 aliphatic rings. The van der Waals surface area contributed by atoms with Crippen LogP contribution < -0.4 is 0 Å². The number of pyridine rings is 2. The minimum atomic E-state index is -5.17. The van der Waals surface area contributed by atoms with Crippen molar-refractivity contribution in [3.05, 3.63) is 60.2 Å². The summed E-state index contributed by atoms with van der Waals surface area (Å²) in [5, 5.41) is 0. The molecule has 0 bridgehead atoms. The first kappa shape index (κ1) is 21.9. The van der Waals surface area contributed by atoms with Crippen molar-refractivity contribution in [2.75, 3.05) is 0 Å². The zero-order chi connectivity index (χ0) is 14.1. The number of aryl methyl sites for hydroxylation is 2. The van der Waals surface area contributed by atoms with E-state index in [9.17, 15) is 0 Å². The number of hydrogen-bond acceptors (Lipinski definition) is 6. The zero-order valence-electron chi connectivity index (χ0n) is 10.8. The first-order chi connectivity index (χ1) is 8.95. The number of hydrogen-bond donors (Lipinski definition) is 0. The second kappa shape index (κ2) is 11.3. The Labute approximate surface area is 133 Å². The van der Waals surface area contributed by atoms with Gasteiger partial charge in [0.2, 0.25) is 0 Å². The van der Waals surface area contributed by atoms with Crippen LogP contribution in [0.25, 0.3) is 0 Å². The van der Waals surface area contributed by atoms with Crippen molar-refractivity contribution in [2.24, 2.45) is 0 Å². The third kappa shape index (κ3) is 13.4. The van der Waals surface area contributed by atoms with E-state index in [-0.39, 0.29) is 22.5 Å². The Morgan fingerprint density at radius 2 is 1.05 bits per heavy atom. The average Bonchev–Trinajstić information content (AvgIpc) is 2.37. The van der Waals surface area contributed by atoms with Crippen LogP contribution in [0.3, 0.4) is 0 Å². The van der Waals surface area contributed by atoms with Gasteiger partial charge in [0.25, 0.3) is 0 Å². The fourth-order valence-electron chi connectivity index (χ4n) is 1.39. The van der Waals surface area contributed by atoms with Gasteiger partial charge in [-0.15, -0.1) is 0 Å². The van der Waals surface area contributed by atoms with Gasteiger partial charge in [0.05, 0.1) is 0 Å². The van der Waals surface area contributed by atoms with Gasteiger partial charge < -0.3 is 14.6 Å². The van der Waals surface area contributed by atoms with E-state index in [1.54, 1.807) is 0 Å². The number of rotatable bonds is 3. The van der Waals surface area contributed by atoms with Crippen molar-refractivity contribution in [1.29, 1.82) is 0 Å². The molecule has 0 aromatic carbocycles. The van der Waals surface area contributed by atoms with E-state index in [1.807, 2.05) is 24.8 Å². The molecular formula is C12H14MnN2O5S. The number of nitrogens with zero attached hydrogens (tertiary/aromatic N) is 2. The molecule has 0 fully saturated rings. The fourth-order valence-corrected chi connectivity index (χ4v) is 1.39. The van der Waals surface area contributed by atoms with Crippen LogP contribution >= 0.6 is 0 Å². The quantitative estimate of drug-likeness (QED) is 0.436. The molecule has 115 valence electrons. The topological polar surface area (TPSA) is 138 Å². The summed E-state index contributed by atoms with van der Waals surface area (Å²) in [4.78, 5) is 7.98. The standard InChI is InChI=1S/C12H12N2.Mn.H2O4S.H2O/c1(11-3-7-13-8-4-11)2-12-5-9-14-10-6-12;;1-5(2,3)4;/h3-10H,1-2H2;;(H2,1,2,3,4);1H2/q;+2;;/p-2. The second-order valence-corrected chi connectivity index (χ2v) is 4.44. The van der Waals surface area contributed by atoms with Gasteiger partial charge in [-0.3, -0.25) is 18.4 Å². The van der Waals surface area contributed by atoms with Crippen molar-refractivity contribution >= 4 is 10.4 Å². The predicted molar refractivity (Wildman–Crippen MR) is 70.0 cm³/mol. The summed E-state index contributed by atoms with van der Waals surface area (Å²) in [6.07, 6.45) is 9.46. The molecule has 2 aromatic heterocycles. The molecule has 1 radical (unpaired) electrons. The molecule has 0 saturated carbocycles. The fraction of sp³-hybridized carbons (Fsp3) is 0.167. The molecule has 2 heterocycles. The van der Waals surface area contributed by atoms with E-state index in [4.69, 9.17) is 17.5 Å². The van der Waals surface area contributed by atoms with Crippen LogP contribution in [0.4, 0.5) is 0 Å². The molecule has 7 nitrogen and oxygen atoms in total. The maximum Gasteiger partial charge on any atom is 2.00 e. The Morgan fingerprint density at radius 3 is 1.29 bits per heavy atom. The van der Waals surface area contributed by atoms with Crippen LogP contribution in [0.15, 0.2) is 49.1 Å². The molecular weight excluding hydrogens is 339 g/mol. The van der Waals surface area contributed by atoms with Crippen molar-refractivity contribution in [1.82, 2.24) is 9.97 Å². The predicted octanol–water partition coefficient (Wildman–Crippen LogP) is 0.0966. The Balaban J connectivity index is 0. The zero-order valence-corrected chi connectivity index (χ0v) is 12.8. The Kier molecular flexibility index (Phi) is 11.8. The van der Waals surface area contributed by atoms with Gasteiger partial charge in [0.1, 0.15) is 0 Å². The minimum Gasteiger partial charge on any atom is -0.759 e. The third-order valence-corrected chi connectivity index (χ3v) is 2.20. The van der Waals surface area contributed by atoms with Crippen LogP contribution in [-0.2, 0) is 40.3 Å². The van der Waals surface area contributed by atoms with Gasteiger partial charge in [-0.05, 0) is 48.2 Å². The minimum absolute atomic E-state index is 0. The number of aromatic nitrogens is 2. The summed E-state index contributed by atoms with van der Waals surface area (Å²) in [6, 6.07) is 8.23. The van der Waals surface area contributed by atoms with E-state index in [0.717, 1.165) is 12.8 Å². The molecule has 0 spiro atoms. The van der Waals surface area contributed by atoms with Gasteiger partial charge in [-0.2, -0.15) is 0 Å². The van der Waals surface area contributed by atoms with Crippen LogP contribution in [0.2, 0.25) is 0 Å². The SMILES string of the molecule is O.O=S(=O)([O-])[O-].[Mn+2].c1cc(CCc2ccncc2)ccn1. The maximum atomic E-state index is 8.52. The molecule has 0 unspecified atom stereocenters. The summed E-state index contributed by atoms with van der Waals surface area (Å²) in [5.74, 6) is 0. The normalized spacial score (nSPS) is 9.43. The van der Waals surface area contributed by atoms with Crippen molar-refractivity contribution in [2.45, 2.75) is 12.8 Å². The second-order valence-electron chi connectivity index (χ2n) is 3.62. The Hall–Kier alpha value is -1.35.